The molecule has 22 heavy (non-hydrogen) atoms. The first-order chi connectivity index (χ1) is 10.4. The molecule has 6 nitrogen and oxygen atoms in total. The second-order valence-electron chi connectivity index (χ2n) is 5.58. The highest BCUT2D eigenvalue weighted by Gasteiger charge is 2.29. The number of nitriles is 1. The molecule has 1 rings (SSSR count). The van der Waals surface area contributed by atoms with Crippen molar-refractivity contribution in [3.8, 4) is 6.07 Å². The zero-order valence-electron chi connectivity index (χ0n) is 13.5. The van der Waals surface area contributed by atoms with Crippen molar-refractivity contribution in [1.29, 1.82) is 5.26 Å². The number of furan rings is 1. The first kappa shape index (κ1) is 17.8. The van der Waals surface area contributed by atoms with E-state index in [1.54, 1.807) is 24.0 Å². The molecule has 0 bridgehead atoms. The Bertz CT molecular complexity index is 531. The monoisotopic (exact) mass is 305 g/mol. The molecule has 2 amide bonds. The van der Waals surface area contributed by atoms with Gasteiger partial charge in [0.15, 0.2) is 5.76 Å². The van der Waals surface area contributed by atoms with E-state index in [2.05, 4.69) is 11.4 Å². The van der Waals surface area contributed by atoms with Crippen LogP contribution < -0.4 is 5.32 Å². The summed E-state index contributed by atoms with van der Waals surface area (Å²) in [5.74, 6) is -0.747. The molecule has 0 aliphatic rings. The molecule has 1 N–H and O–H groups in total. The van der Waals surface area contributed by atoms with Crippen molar-refractivity contribution in [2.24, 2.45) is 11.8 Å². The van der Waals surface area contributed by atoms with Crippen LogP contribution in [0.5, 0.6) is 0 Å². The molecule has 0 saturated heterocycles. The van der Waals surface area contributed by atoms with Crippen LogP contribution in [0.25, 0.3) is 0 Å². The van der Waals surface area contributed by atoms with E-state index in [4.69, 9.17) is 9.68 Å². The number of nitrogens with one attached hydrogen (secondary N) is 1. The maximum absolute atomic E-state index is 12.6. The third kappa shape index (κ3) is 4.62. The zero-order chi connectivity index (χ0) is 16.7. The van der Waals surface area contributed by atoms with Gasteiger partial charge in [-0.2, -0.15) is 5.26 Å². The lowest BCUT2D eigenvalue weighted by molar-refractivity contribution is -0.134. The smallest absolute Gasteiger partial charge is 0.287 e. The predicted molar refractivity (Wildman–Crippen MR) is 81.8 cm³/mol. The number of amides is 2. The Morgan fingerprint density at radius 1 is 1.41 bits per heavy atom. The summed E-state index contributed by atoms with van der Waals surface area (Å²) in [5, 5.41) is 11.6. The van der Waals surface area contributed by atoms with Crippen molar-refractivity contribution in [1.82, 2.24) is 10.2 Å². The summed E-state index contributed by atoms with van der Waals surface area (Å²) < 4.78 is 5.04. The topological polar surface area (TPSA) is 86.3 Å². The van der Waals surface area contributed by atoms with Gasteiger partial charge in [-0.25, -0.2) is 0 Å². The van der Waals surface area contributed by atoms with Crippen LogP contribution in [-0.2, 0) is 4.79 Å². The van der Waals surface area contributed by atoms with E-state index in [9.17, 15) is 9.59 Å². The Hall–Kier alpha value is -2.29. The lowest BCUT2D eigenvalue weighted by Gasteiger charge is -2.29. The highest BCUT2D eigenvalue weighted by molar-refractivity contribution is 5.95. The largest absolute Gasteiger partial charge is 0.459 e. The molecule has 120 valence electrons. The van der Waals surface area contributed by atoms with Gasteiger partial charge in [-0.15, -0.1) is 0 Å². The summed E-state index contributed by atoms with van der Waals surface area (Å²) in [6.45, 7) is 8.20. The Balaban J connectivity index is 2.83. The summed E-state index contributed by atoms with van der Waals surface area (Å²) in [6, 6.07) is 4.64. The van der Waals surface area contributed by atoms with Gasteiger partial charge < -0.3 is 14.6 Å². The molecule has 2 unspecified atom stereocenters. The fourth-order valence-electron chi connectivity index (χ4n) is 2.08. The number of nitrogens with zero attached hydrogens (tertiary/aromatic N) is 2. The number of rotatable bonds is 7. The van der Waals surface area contributed by atoms with E-state index in [-0.39, 0.29) is 23.5 Å². The summed E-state index contributed by atoms with van der Waals surface area (Å²) in [4.78, 5) is 26.3. The van der Waals surface area contributed by atoms with Gasteiger partial charge in [-0.3, -0.25) is 9.59 Å². The molecule has 0 aromatic carbocycles. The van der Waals surface area contributed by atoms with Gasteiger partial charge in [-0.05, 0) is 31.9 Å². The maximum atomic E-state index is 12.6. The van der Waals surface area contributed by atoms with Crippen LogP contribution >= 0.6 is 0 Å². The van der Waals surface area contributed by atoms with Crippen molar-refractivity contribution in [3.05, 3.63) is 24.2 Å². The molecule has 1 aromatic heterocycles. The van der Waals surface area contributed by atoms with Crippen molar-refractivity contribution < 1.29 is 14.0 Å². The van der Waals surface area contributed by atoms with E-state index >= 15 is 0 Å². The van der Waals surface area contributed by atoms with E-state index < -0.39 is 11.9 Å². The van der Waals surface area contributed by atoms with Crippen LogP contribution in [0.4, 0.5) is 0 Å². The fraction of sp³-hybridized carbons (Fsp3) is 0.562. The second kappa shape index (κ2) is 8.23. The lowest BCUT2D eigenvalue weighted by Crippen LogP contribution is -2.52. The summed E-state index contributed by atoms with van der Waals surface area (Å²) >= 11 is 0. The Labute approximate surface area is 131 Å². The summed E-state index contributed by atoms with van der Waals surface area (Å²) in [7, 11) is 0. The normalized spacial score (nSPS) is 13.3. The zero-order valence-corrected chi connectivity index (χ0v) is 13.5. The third-order valence-corrected chi connectivity index (χ3v) is 3.37. The first-order valence-electron chi connectivity index (χ1n) is 7.43. The molecule has 1 aromatic rings. The fourth-order valence-corrected chi connectivity index (χ4v) is 2.08. The maximum Gasteiger partial charge on any atom is 0.287 e. The Morgan fingerprint density at radius 2 is 2.09 bits per heavy atom. The van der Waals surface area contributed by atoms with Crippen LogP contribution in [0.15, 0.2) is 22.8 Å². The quantitative estimate of drug-likeness (QED) is 0.835. The van der Waals surface area contributed by atoms with Crippen molar-refractivity contribution in [2.75, 3.05) is 13.1 Å². The van der Waals surface area contributed by atoms with Gasteiger partial charge in [0.05, 0.1) is 18.3 Å². The van der Waals surface area contributed by atoms with Crippen molar-refractivity contribution in [2.45, 2.75) is 33.7 Å². The van der Waals surface area contributed by atoms with Crippen LogP contribution in [0.3, 0.4) is 0 Å². The minimum absolute atomic E-state index is 0.0714. The molecule has 2 atom stereocenters. The van der Waals surface area contributed by atoms with E-state index in [1.807, 2.05) is 20.8 Å². The molecule has 0 spiro atoms. The molecule has 0 saturated carbocycles. The summed E-state index contributed by atoms with van der Waals surface area (Å²) in [6.07, 6.45) is 1.41. The Kier molecular flexibility index (Phi) is 6.64. The van der Waals surface area contributed by atoms with E-state index in [0.29, 0.717) is 13.1 Å². The van der Waals surface area contributed by atoms with Crippen LogP contribution in [0.1, 0.15) is 38.2 Å². The minimum Gasteiger partial charge on any atom is -0.459 e. The van der Waals surface area contributed by atoms with Gasteiger partial charge in [0.1, 0.15) is 6.04 Å². The van der Waals surface area contributed by atoms with Crippen LogP contribution in [0.2, 0.25) is 0 Å². The van der Waals surface area contributed by atoms with Gasteiger partial charge in [0.2, 0.25) is 5.91 Å². The van der Waals surface area contributed by atoms with Gasteiger partial charge in [0, 0.05) is 13.1 Å². The Morgan fingerprint density at radius 3 is 2.55 bits per heavy atom. The number of carbonyl (C=O) groups is 2. The standard InChI is InChI=1S/C16H23N3O3/c1-5-19(10-12(4)9-17)16(21)14(11(2)3)18-15(20)13-7-6-8-22-13/h6-8,11-12,14H,5,10H2,1-4H3,(H,18,20). The lowest BCUT2D eigenvalue weighted by atomic mass is 10.0. The number of hydrogen-bond donors (Lipinski definition) is 1. The van der Waals surface area contributed by atoms with E-state index in [1.165, 1.54) is 6.26 Å². The average molecular weight is 305 g/mol. The SMILES string of the molecule is CCN(CC(C)C#N)C(=O)C(NC(=O)c1ccco1)C(C)C. The number of carbonyl (C=O) groups excluding carboxylic acids is 2. The number of likely N-dealkylation sites (N-methyl/N-ethyl adjacent to an activating group) is 1. The molecule has 0 fully saturated rings. The molecule has 6 heteroatoms. The summed E-state index contributed by atoms with van der Waals surface area (Å²) in [5.41, 5.74) is 0. The highest BCUT2D eigenvalue weighted by atomic mass is 16.3. The second-order valence-corrected chi connectivity index (χ2v) is 5.58. The third-order valence-electron chi connectivity index (χ3n) is 3.37. The van der Waals surface area contributed by atoms with Crippen molar-refractivity contribution >= 4 is 11.8 Å². The first-order valence-corrected chi connectivity index (χ1v) is 7.43. The minimum atomic E-state index is -0.650. The molecule has 0 radical (unpaired) electrons. The number of hydrogen-bond acceptors (Lipinski definition) is 4. The molecule has 0 aliphatic carbocycles. The van der Waals surface area contributed by atoms with Gasteiger partial charge >= 0.3 is 0 Å². The predicted octanol–water partition coefficient (Wildman–Crippen LogP) is 2.04. The molecule has 1 heterocycles. The molecular weight excluding hydrogens is 282 g/mol. The highest BCUT2D eigenvalue weighted by Crippen LogP contribution is 2.10. The van der Waals surface area contributed by atoms with Gasteiger partial charge in [-0.1, -0.05) is 13.8 Å². The van der Waals surface area contributed by atoms with E-state index in [0.717, 1.165) is 0 Å². The van der Waals surface area contributed by atoms with Crippen LogP contribution in [0, 0.1) is 23.2 Å². The van der Waals surface area contributed by atoms with Crippen molar-refractivity contribution in [3.63, 3.8) is 0 Å². The van der Waals surface area contributed by atoms with Crippen LogP contribution in [-0.4, -0.2) is 35.8 Å². The molecule has 0 aliphatic heterocycles. The average Bonchev–Trinajstić information content (AvgIpc) is 3.03. The van der Waals surface area contributed by atoms with Gasteiger partial charge in [0.25, 0.3) is 5.91 Å². The molecular formula is C16H23N3O3.